The van der Waals surface area contributed by atoms with Crippen LogP contribution in [0.15, 0.2) is 37.1 Å². The van der Waals surface area contributed by atoms with Gasteiger partial charge in [-0.2, -0.15) is 0 Å². The summed E-state index contributed by atoms with van der Waals surface area (Å²) in [5.74, 6) is 0.879. The van der Waals surface area contributed by atoms with E-state index < -0.39 is 0 Å². The fraction of sp³-hybridized carbons (Fsp3) is 0.400. The van der Waals surface area contributed by atoms with Crippen molar-refractivity contribution in [1.82, 2.24) is 19.9 Å². The summed E-state index contributed by atoms with van der Waals surface area (Å²) in [7, 11) is 0. The zero-order valence-electron chi connectivity index (χ0n) is 12.1. The standard InChI is InChI=1S/C15H20N4O2/c1-2-12(5-8-20)9-18-15(21)13-3-4-14(17-10-13)19-7-6-16-11-19/h3-4,6-7,10-12,20H,2,5,8-9H2,1H3,(H,18,21). The van der Waals surface area contributed by atoms with Gasteiger partial charge < -0.3 is 10.4 Å². The average molecular weight is 288 g/mol. The highest BCUT2D eigenvalue weighted by Gasteiger charge is 2.10. The minimum Gasteiger partial charge on any atom is -0.396 e. The summed E-state index contributed by atoms with van der Waals surface area (Å²) >= 11 is 0. The van der Waals surface area contributed by atoms with Gasteiger partial charge in [0.05, 0.1) is 5.56 Å². The van der Waals surface area contributed by atoms with Gasteiger partial charge in [0.15, 0.2) is 0 Å². The smallest absolute Gasteiger partial charge is 0.252 e. The molecule has 0 spiro atoms. The maximum Gasteiger partial charge on any atom is 0.252 e. The topological polar surface area (TPSA) is 80.0 Å². The fourth-order valence-corrected chi connectivity index (χ4v) is 2.04. The molecule has 1 atom stereocenters. The van der Waals surface area contributed by atoms with Crippen LogP contribution in [0.1, 0.15) is 30.1 Å². The van der Waals surface area contributed by atoms with Gasteiger partial charge in [0, 0.05) is 31.7 Å². The third-order valence-electron chi connectivity index (χ3n) is 3.44. The fourth-order valence-electron chi connectivity index (χ4n) is 2.04. The highest BCUT2D eigenvalue weighted by atomic mass is 16.3. The number of hydrogen-bond donors (Lipinski definition) is 2. The zero-order valence-corrected chi connectivity index (χ0v) is 12.1. The number of rotatable bonds is 7. The lowest BCUT2D eigenvalue weighted by molar-refractivity contribution is 0.0943. The lowest BCUT2D eigenvalue weighted by Gasteiger charge is -2.14. The number of nitrogens with zero attached hydrogens (tertiary/aromatic N) is 3. The largest absolute Gasteiger partial charge is 0.396 e. The Labute approximate surface area is 123 Å². The van der Waals surface area contributed by atoms with Crippen LogP contribution < -0.4 is 5.32 Å². The van der Waals surface area contributed by atoms with E-state index in [1.165, 1.54) is 0 Å². The number of aromatic nitrogens is 3. The zero-order chi connectivity index (χ0) is 15.1. The Kier molecular flexibility index (Phi) is 5.45. The molecule has 0 saturated heterocycles. The molecule has 2 aromatic heterocycles. The second-order valence-corrected chi connectivity index (χ2v) is 4.87. The molecule has 0 aliphatic carbocycles. The Balaban J connectivity index is 1.94. The normalized spacial score (nSPS) is 12.1. The highest BCUT2D eigenvalue weighted by molar-refractivity contribution is 5.93. The molecule has 6 heteroatoms. The number of imidazole rings is 1. The van der Waals surface area contributed by atoms with Crippen molar-refractivity contribution in [2.24, 2.45) is 5.92 Å². The molecule has 0 bridgehead atoms. The summed E-state index contributed by atoms with van der Waals surface area (Å²) in [6.45, 7) is 2.77. The molecule has 0 aliphatic heterocycles. The van der Waals surface area contributed by atoms with Gasteiger partial charge in [0.2, 0.25) is 0 Å². The lowest BCUT2D eigenvalue weighted by atomic mass is 10.0. The molecule has 0 radical (unpaired) electrons. The van der Waals surface area contributed by atoms with Gasteiger partial charge in [-0.3, -0.25) is 9.36 Å². The van der Waals surface area contributed by atoms with Crippen molar-refractivity contribution in [2.75, 3.05) is 13.2 Å². The van der Waals surface area contributed by atoms with E-state index in [4.69, 9.17) is 5.11 Å². The Morgan fingerprint density at radius 3 is 2.90 bits per heavy atom. The first-order valence-corrected chi connectivity index (χ1v) is 7.08. The summed E-state index contributed by atoms with van der Waals surface area (Å²) in [5, 5.41) is 11.8. The average Bonchev–Trinajstić information content (AvgIpc) is 3.05. The number of amides is 1. The van der Waals surface area contributed by atoms with Crippen molar-refractivity contribution in [1.29, 1.82) is 0 Å². The Hall–Kier alpha value is -2.21. The maximum absolute atomic E-state index is 12.0. The first-order valence-electron chi connectivity index (χ1n) is 7.08. The molecule has 21 heavy (non-hydrogen) atoms. The second kappa shape index (κ2) is 7.54. The minimum absolute atomic E-state index is 0.143. The van der Waals surface area contributed by atoms with Crippen molar-refractivity contribution in [3.8, 4) is 5.82 Å². The van der Waals surface area contributed by atoms with E-state index in [0.29, 0.717) is 24.4 Å². The summed E-state index contributed by atoms with van der Waals surface area (Å²) in [6.07, 6.45) is 8.31. The van der Waals surface area contributed by atoms with Crippen molar-refractivity contribution in [3.63, 3.8) is 0 Å². The van der Waals surface area contributed by atoms with E-state index in [1.54, 1.807) is 41.6 Å². The number of carbonyl (C=O) groups excluding carboxylic acids is 1. The Morgan fingerprint density at radius 2 is 2.33 bits per heavy atom. The number of pyridine rings is 1. The van der Waals surface area contributed by atoms with Crippen LogP contribution in [0.5, 0.6) is 0 Å². The van der Waals surface area contributed by atoms with Crippen LogP contribution in [0, 0.1) is 5.92 Å². The van der Waals surface area contributed by atoms with Crippen LogP contribution in [0.2, 0.25) is 0 Å². The maximum atomic E-state index is 12.0. The number of hydrogen-bond acceptors (Lipinski definition) is 4. The lowest BCUT2D eigenvalue weighted by Crippen LogP contribution is -2.29. The first-order chi connectivity index (χ1) is 10.2. The number of aliphatic hydroxyl groups excluding tert-OH is 1. The third kappa shape index (κ3) is 4.13. The highest BCUT2D eigenvalue weighted by Crippen LogP contribution is 2.08. The van der Waals surface area contributed by atoms with Crippen LogP contribution in [0.4, 0.5) is 0 Å². The van der Waals surface area contributed by atoms with Crippen LogP contribution in [-0.4, -0.2) is 38.7 Å². The van der Waals surface area contributed by atoms with Crippen LogP contribution >= 0.6 is 0 Å². The Morgan fingerprint density at radius 1 is 1.48 bits per heavy atom. The van der Waals surface area contributed by atoms with Crippen LogP contribution in [-0.2, 0) is 0 Å². The van der Waals surface area contributed by atoms with E-state index in [9.17, 15) is 4.79 Å². The van der Waals surface area contributed by atoms with Crippen molar-refractivity contribution >= 4 is 5.91 Å². The molecule has 112 valence electrons. The van der Waals surface area contributed by atoms with Gasteiger partial charge in [-0.15, -0.1) is 0 Å². The molecule has 0 fully saturated rings. The summed E-state index contributed by atoms with van der Waals surface area (Å²) in [4.78, 5) is 20.2. The molecule has 0 aliphatic rings. The van der Waals surface area contributed by atoms with Crippen molar-refractivity contribution in [2.45, 2.75) is 19.8 Å². The van der Waals surface area contributed by atoms with Gasteiger partial charge >= 0.3 is 0 Å². The van der Waals surface area contributed by atoms with E-state index in [0.717, 1.165) is 12.2 Å². The summed E-state index contributed by atoms with van der Waals surface area (Å²) in [5.41, 5.74) is 0.526. The summed E-state index contributed by atoms with van der Waals surface area (Å²) in [6, 6.07) is 3.52. The number of carbonyl (C=O) groups is 1. The van der Waals surface area contributed by atoms with Crippen LogP contribution in [0.25, 0.3) is 5.82 Å². The number of aliphatic hydroxyl groups is 1. The molecule has 0 saturated carbocycles. The predicted octanol–water partition coefficient (Wildman–Crippen LogP) is 1.41. The van der Waals surface area contributed by atoms with E-state index in [-0.39, 0.29) is 12.5 Å². The van der Waals surface area contributed by atoms with Gasteiger partial charge in [-0.25, -0.2) is 9.97 Å². The molecule has 0 aromatic carbocycles. The van der Waals surface area contributed by atoms with Crippen LogP contribution in [0.3, 0.4) is 0 Å². The molecule has 1 amide bonds. The predicted molar refractivity (Wildman–Crippen MR) is 79.2 cm³/mol. The molecular weight excluding hydrogens is 268 g/mol. The van der Waals surface area contributed by atoms with E-state index in [1.807, 2.05) is 6.92 Å². The SMILES string of the molecule is CCC(CCO)CNC(=O)c1ccc(-n2ccnc2)nc1. The van der Waals surface area contributed by atoms with Crippen molar-refractivity contribution in [3.05, 3.63) is 42.6 Å². The summed E-state index contributed by atoms with van der Waals surface area (Å²) < 4.78 is 1.77. The third-order valence-corrected chi connectivity index (χ3v) is 3.44. The monoisotopic (exact) mass is 288 g/mol. The van der Waals surface area contributed by atoms with Gasteiger partial charge in [-0.1, -0.05) is 13.3 Å². The van der Waals surface area contributed by atoms with Gasteiger partial charge in [0.1, 0.15) is 12.1 Å². The molecule has 2 aromatic rings. The van der Waals surface area contributed by atoms with Gasteiger partial charge in [-0.05, 0) is 24.5 Å². The molecule has 1 unspecified atom stereocenters. The second-order valence-electron chi connectivity index (χ2n) is 4.87. The molecule has 2 N–H and O–H groups in total. The van der Waals surface area contributed by atoms with E-state index in [2.05, 4.69) is 15.3 Å². The molecular formula is C15H20N4O2. The quantitative estimate of drug-likeness (QED) is 0.807. The first kappa shape index (κ1) is 15.2. The van der Waals surface area contributed by atoms with E-state index >= 15 is 0 Å². The molecule has 2 heterocycles. The molecule has 2 rings (SSSR count). The number of nitrogens with one attached hydrogen (secondary N) is 1. The molecule has 6 nitrogen and oxygen atoms in total. The van der Waals surface area contributed by atoms with Gasteiger partial charge in [0.25, 0.3) is 5.91 Å². The van der Waals surface area contributed by atoms with Crippen molar-refractivity contribution < 1.29 is 9.90 Å². The Bertz CT molecular complexity index is 552. The minimum atomic E-state index is -0.143.